The molecule has 0 N–H and O–H groups in total. The van der Waals surface area contributed by atoms with E-state index in [1.807, 2.05) is 0 Å². The van der Waals surface area contributed by atoms with E-state index in [1.165, 1.54) is 108 Å². The number of fused-ring (bicyclic) bond motifs is 3. The molecule has 1 spiro atoms. The van der Waals surface area contributed by atoms with Crippen LogP contribution < -0.4 is 4.57 Å². The highest BCUT2D eigenvalue weighted by Gasteiger charge is 2.37. The Morgan fingerprint density at radius 1 is 0.794 bits per heavy atom. The van der Waals surface area contributed by atoms with Crippen LogP contribution in [0.4, 0.5) is 0 Å². The number of benzene rings is 2. The number of hydrogen-bond donors (Lipinski definition) is 0. The van der Waals surface area contributed by atoms with Gasteiger partial charge in [-0.1, -0.05) is 49.6 Å². The van der Waals surface area contributed by atoms with E-state index in [2.05, 4.69) is 75.0 Å². The van der Waals surface area contributed by atoms with Crippen LogP contribution in [0.3, 0.4) is 0 Å². The van der Waals surface area contributed by atoms with Crippen LogP contribution in [0, 0.1) is 26.2 Å². The van der Waals surface area contributed by atoms with E-state index in [9.17, 15) is 0 Å². The molecule has 176 valence electrons. The molecule has 0 amide bonds. The molecule has 0 bridgehead atoms. The topological polar surface area (TPSA) is 3.88 Å². The van der Waals surface area contributed by atoms with Crippen molar-refractivity contribution in [3.8, 4) is 22.4 Å². The molecule has 6 rings (SSSR count). The fraction of sp³-hybridized carbons (Fsp3) is 0.485. The van der Waals surface area contributed by atoms with Crippen molar-refractivity contribution in [1.82, 2.24) is 0 Å². The molecule has 1 heterocycles. The Bertz CT molecular complexity index is 1250. The number of aromatic nitrogens is 1. The fourth-order valence-corrected chi connectivity index (χ4v) is 7.88. The normalized spacial score (nSPS) is 19.3. The molecule has 3 aliphatic rings. The van der Waals surface area contributed by atoms with Gasteiger partial charge in [-0.05, 0) is 116 Å². The molecule has 0 aliphatic heterocycles. The lowest BCUT2D eigenvalue weighted by molar-refractivity contribution is -0.661. The van der Waals surface area contributed by atoms with Gasteiger partial charge in [-0.15, -0.1) is 0 Å². The summed E-state index contributed by atoms with van der Waals surface area (Å²) < 4.78 is 2.44. The van der Waals surface area contributed by atoms with Gasteiger partial charge in [-0.25, -0.2) is 4.57 Å². The molecule has 0 unspecified atom stereocenters. The van der Waals surface area contributed by atoms with Gasteiger partial charge in [-0.3, -0.25) is 0 Å². The molecule has 1 heteroatoms. The molecule has 1 aromatic heterocycles. The summed E-state index contributed by atoms with van der Waals surface area (Å²) in [6.07, 6.45) is 16.6. The average Bonchev–Trinajstić information content (AvgIpc) is 3.22. The lowest BCUT2D eigenvalue weighted by Gasteiger charge is -2.43. The highest BCUT2D eigenvalue weighted by atomic mass is 14.9. The number of pyridine rings is 1. The van der Waals surface area contributed by atoms with Crippen molar-refractivity contribution in [3.63, 3.8) is 0 Å². The molecule has 2 fully saturated rings. The third-order valence-corrected chi connectivity index (χ3v) is 9.66. The van der Waals surface area contributed by atoms with E-state index >= 15 is 0 Å². The summed E-state index contributed by atoms with van der Waals surface area (Å²) in [7, 11) is 2.28. The van der Waals surface area contributed by atoms with Gasteiger partial charge in [0.2, 0.25) is 5.69 Å². The molecule has 2 saturated carbocycles. The van der Waals surface area contributed by atoms with Crippen LogP contribution in [-0.2, 0) is 13.5 Å². The maximum Gasteiger partial charge on any atom is 0.213 e. The Kier molecular flexibility index (Phi) is 5.43. The second-order valence-electron chi connectivity index (χ2n) is 11.8. The standard InChI is InChI=1S/C33H40N/c1-22-19-30(32-24(3)18-23(2)31-27-11-7-6-10-26(27)20-28(31)32)34(4)21-29(22)25-12-16-33(17-13-25)14-8-5-9-15-33/h6-7,10-11,18-19,21,25H,5,8-9,12-17,20H2,1-4H3/q+1. The molecule has 0 radical (unpaired) electrons. The third-order valence-electron chi connectivity index (χ3n) is 9.66. The largest absolute Gasteiger partial charge is 0.213 e. The highest BCUT2D eigenvalue weighted by molar-refractivity contribution is 5.87. The molecule has 0 saturated heterocycles. The summed E-state index contributed by atoms with van der Waals surface area (Å²) in [5.41, 5.74) is 15.3. The van der Waals surface area contributed by atoms with E-state index in [0.717, 1.165) is 12.3 Å². The van der Waals surface area contributed by atoms with Crippen molar-refractivity contribution >= 4 is 0 Å². The Labute approximate surface area is 206 Å². The minimum Gasteiger partial charge on any atom is -0.201 e. The van der Waals surface area contributed by atoms with E-state index < -0.39 is 0 Å². The minimum absolute atomic E-state index is 0.694. The number of aryl methyl sites for hydroxylation is 4. The predicted molar refractivity (Wildman–Crippen MR) is 142 cm³/mol. The minimum atomic E-state index is 0.694. The first-order valence-electron chi connectivity index (χ1n) is 13.7. The number of nitrogens with zero attached hydrogens (tertiary/aromatic N) is 1. The molecule has 0 atom stereocenters. The third kappa shape index (κ3) is 3.55. The second-order valence-corrected chi connectivity index (χ2v) is 11.8. The van der Waals surface area contributed by atoms with Crippen molar-refractivity contribution in [3.05, 3.63) is 76.0 Å². The van der Waals surface area contributed by atoms with Crippen LogP contribution in [0.15, 0.2) is 42.6 Å². The van der Waals surface area contributed by atoms with E-state index in [0.29, 0.717) is 5.41 Å². The van der Waals surface area contributed by atoms with E-state index in [-0.39, 0.29) is 0 Å². The van der Waals surface area contributed by atoms with Crippen molar-refractivity contribution in [2.45, 2.75) is 90.9 Å². The van der Waals surface area contributed by atoms with Crippen LogP contribution in [0.2, 0.25) is 0 Å². The fourth-order valence-electron chi connectivity index (χ4n) is 7.88. The summed E-state index contributed by atoms with van der Waals surface area (Å²) in [5.74, 6) is 0.738. The molecule has 3 aliphatic carbocycles. The first-order chi connectivity index (χ1) is 16.5. The summed E-state index contributed by atoms with van der Waals surface area (Å²) in [4.78, 5) is 0. The van der Waals surface area contributed by atoms with Crippen LogP contribution in [0.1, 0.15) is 97.1 Å². The summed E-state index contributed by atoms with van der Waals surface area (Å²) in [5, 5.41) is 0. The smallest absolute Gasteiger partial charge is 0.201 e. The quantitative estimate of drug-likeness (QED) is 0.270. The number of hydrogen-bond acceptors (Lipinski definition) is 0. The molecule has 3 aromatic rings. The average molecular weight is 451 g/mol. The molecule has 34 heavy (non-hydrogen) atoms. The van der Waals surface area contributed by atoms with Gasteiger partial charge >= 0.3 is 0 Å². The molecular formula is C33H40N+. The summed E-state index contributed by atoms with van der Waals surface area (Å²) in [6, 6.07) is 13.9. The van der Waals surface area contributed by atoms with Gasteiger partial charge in [0.1, 0.15) is 7.05 Å². The van der Waals surface area contributed by atoms with E-state index in [1.54, 1.807) is 5.56 Å². The maximum atomic E-state index is 2.50. The van der Waals surface area contributed by atoms with Gasteiger partial charge in [0, 0.05) is 11.6 Å². The second kappa shape index (κ2) is 8.36. The van der Waals surface area contributed by atoms with Gasteiger partial charge in [-0.2, -0.15) is 0 Å². The lowest BCUT2D eigenvalue weighted by atomic mass is 9.62. The lowest BCUT2D eigenvalue weighted by Crippen LogP contribution is -2.34. The van der Waals surface area contributed by atoms with Gasteiger partial charge in [0.15, 0.2) is 6.20 Å². The summed E-state index contributed by atoms with van der Waals surface area (Å²) >= 11 is 0. The first kappa shape index (κ1) is 22.1. The first-order valence-corrected chi connectivity index (χ1v) is 13.7. The zero-order valence-electron chi connectivity index (χ0n) is 21.6. The summed E-state index contributed by atoms with van der Waals surface area (Å²) in [6.45, 7) is 6.95. The van der Waals surface area contributed by atoms with Crippen LogP contribution in [-0.4, -0.2) is 0 Å². The zero-order chi connectivity index (χ0) is 23.4. The maximum absolute atomic E-state index is 2.50. The van der Waals surface area contributed by atoms with Crippen molar-refractivity contribution in [1.29, 1.82) is 0 Å². The van der Waals surface area contributed by atoms with Crippen LogP contribution >= 0.6 is 0 Å². The predicted octanol–water partition coefficient (Wildman–Crippen LogP) is 8.28. The Hall–Kier alpha value is -2.41. The van der Waals surface area contributed by atoms with E-state index in [4.69, 9.17) is 0 Å². The molecule has 1 nitrogen and oxygen atoms in total. The van der Waals surface area contributed by atoms with Crippen molar-refractivity contribution in [2.75, 3.05) is 0 Å². The van der Waals surface area contributed by atoms with Crippen LogP contribution in [0.25, 0.3) is 22.4 Å². The van der Waals surface area contributed by atoms with Gasteiger partial charge in [0.05, 0.1) is 5.56 Å². The van der Waals surface area contributed by atoms with Crippen molar-refractivity contribution in [2.24, 2.45) is 12.5 Å². The Morgan fingerprint density at radius 3 is 2.26 bits per heavy atom. The SMILES string of the molecule is Cc1cc(-c2c(C)cc(C)c3c2Cc2ccccc2-3)[n+](C)cc1C1CCC2(CCCCC2)CC1. The van der Waals surface area contributed by atoms with Gasteiger partial charge < -0.3 is 0 Å². The Morgan fingerprint density at radius 2 is 1.50 bits per heavy atom. The molecular weight excluding hydrogens is 410 g/mol. The molecule has 2 aromatic carbocycles. The monoisotopic (exact) mass is 450 g/mol. The Balaban J connectivity index is 1.36. The van der Waals surface area contributed by atoms with Gasteiger partial charge in [0.25, 0.3) is 0 Å². The van der Waals surface area contributed by atoms with Crippen molar-refractivity contribution < 1.29 is 4.57 Å². The van der Waals surface area contributed by atoms with Crippen LogP contribution in [0.5, 0.6) is 0 Å². The zero-order valence-corrected chi connectivity index (χ0v) is 21.6. The number of rotatable bonds is 2. The highest BCUT2D eigenvalue weighted by Crippen LogP contribution is 2.51.